The van der Waals surface area contributed by atoms with Gasteiger partial charge in [-0.25, -0.2) is 0 Å². The lowest BCUT2D eigenvalue weighted by molar-refractivity contribution is -0.898. The smallest absolute Gasteiger partial charge is 0.247 e. The molecule has 0 radical (unpaired) electrons. The van der Waals surface area contributed by atoms with Crippen molar-refractivity contribution in [3.63, 3.8) is 0 Å². The van der Waals surface area contributed by atoms with E-state index >= 15 is 0 Å². The summed E-state index contributed by atoms with van der Waals surface area (Å²) in [6.45, 7) is 5.55. The van der Waals surface area contributed by atoms with Crippen LogP contribution in [0.25, 0.3) is 0 Å². The Bertz CT molecular complexity index is 187. The van der Waals surface area contributed by atoms with E-state index in [1.807, 2.05) is 0 Å². The maximum absolute atomic E-state index is 11.1. The first-order valence-electron chi connectivity index (χ1n) is 4.65. The molecule has 0 fully saturated rings. The lowest BCUT2D eigenvalue weighted by atomic mass is 10.2. The largest absolute Gasteiger partial charge is 1.00 e. The van der Waals surface area contributed by atoms with Crippen molar-refractivity contribution in [2.45, 2.75) is 25.9 Å². The summed E-state index contributed by atoms with van der Waals surface area (Å²) in [5, 5.41) is 2.92. The van der Waals surface area contributed by atoms with Gasteiger partial charge < -0.3 is 22.2 Å². The van der Waals surface area contributed by atoms with Gasteiger partial charge in [-0.3, -0.25) is 4.79 Å². The zero-order valence-corrected chi connectivity index (χ0v) is 10.3. The Morgan fingerprint density at radius 3 is 2.29 bits per heavy atom. The van der Waals surface area contributed by atoms with Crippen LogP contribution >= 0.6 is 0 Å². The van der Waals surface area contributed by atoms with E-state index in [1.54, 1.807) is 0 Å². The van der Waals surface area contributed by atoms with Gasteiger partial charge >= 0.3 is 0 Å². The minimum absolute atomic E-state index is 0. The monoisotopic (exact) mass is 220 g/mol. The Kier molecular flexibility index (Phi) is 7.78. The average molecular weight is 221 g/mol. The second kappa shape index (κ2) is 6.85. The van der Waals surface area contributed by atoms with Gasteiger partial charge in [0.1, 0.15) is 0 Å². The number of hydrogen-bond acceptors (Lipinski definition) is 1. The fourth-order valence-electron chi connectivity index (χ4n) is 1.15. The molecule has 1 atom stereocenters. The van der Waals surface area contributed by atoms with Crippen LogP contribution in [0.3, 0.4) is 0 Å². The van der Waals surface area contributed by atoms with Crippen LogP contribution in [0.1, 0.15) is 19.8 Å². The summed E-state index contributed by atoms with van der Waals surface area (Å²) in [5.41, 5.74) is 0. The van der Waals surface area contributed by atoms with E-state index in [9.17, 15) is 4.79 Å². The van der Waals surface area contributed by atoms with Gasteiger partial charge in [0.25, 0.3) is 0 Å². The first-order valence-corrected chi connectivity index (χ1v) is 4.65. The third-order valence-electron chi connectivity index (χ3n) is 1.99. The Morgan fingerprint density at radius 1 is 1.50 bits per heavy atom. The third kappa shape index (κ3) is 6.00. The number of rotatable bonds is 5. The highest BCUT2D eigenvalue weighted by Gasteiger charge is 2.23. The van der Waals surface area contributed by atoms with Crippen molar-refractivity contribution < 1.29 is 21.7 Å². The molecular formula is C10H21ClN2O. The third-order valence-corrected chi connectivity index (χ3v) is 1.99. The number of carbonyl (C=O) groups excluding carboxylic acids is 1. The fourth-order valence-corrected chi connectivity index (χ4v) is 1.15. The summed E-state index contributed by atoms with van der Waals surface area (Å²) in [7, 11) is 6.22. The van der Waals surface area contributed by atoms with Gasteiger partial charge in [-0.1, -0.05) is 13.5 Å². The molecule has 0 saturated carbocycles. The number of amides is 1. The normalized spacial score (nSPS) is 12.6. The summed E-state index contributed by atoms with van der Waals surface area (Å²) >= 11 is 0. The number of quaternary nitrogens is 1. The van der Waals surface area contributed by atoms with Crippen LogP contribution < -0.4 is 17.7 Å². The molecular weight excluding hydrogens is 200 g/mol. The van der Waals surface area contributed by atoms with E-state index in [1.165, 1.54) is 6.08 Å². The van der Waals surface area contributed by atoms with E-state index < -0.39 is 0 Å². The molecule has 0 heterocycles. The van der Waals surface area contributed by atoms with E-state index in [-0.39, 0.29) is 24.5 Å². The van der Waals surface area contributed by atoms with Crippen molar-refractivity contribution in [2.75, 3.05) is 21.1 Å². The lowest BCUT2D eigenvalue weighted by Crippen LogP contribution is -3.00. The molecule has 0 aliphatic carbocycles. The van der Waals surface area contributed by atoms with Gasteiger partial charge in [0.15, 0.2) is 6.17 Å². The van der Waals surface area contributed by atoms with Gasteiger partial charge in [0.05, 0.1) is 21.1 Å². The number of carbonyl (C=O) groups is 1. The van der Waals surface area contributed by atoms with Crippen molar-refractivity contribution in [1.82, 2.24) is 5.32 Å². The maximum Gasteiger partial charge on any atom is 0.247 e. The van der Waals surface area contributed by atoms with Crippen LogP contribution in [-0.2, 0) is 4.79 Å². The van der Waals surface area contributed by atoms with Crippen molar-refractivity contribution >= 4 is 5.91 Å². The van der Waals surface area contributed by atoms with Gasteiger partial charge in [0.2, 0.25) is 5.91 Å². The van der Waals surface area contributed by atoms with Crippen LogP contribution in [-0.4, -0.2) is 37.7 Å². The number of nitrogens with one attached hydrogen (secondary N) is 1. The second-order valence-corrected chi connectivity index (χ2v) is 4.13. The SMILES string of the molecule is C=CC(=O)NC(CCC)[N+](C)(C)C.[Cl-]. The Hall–Kier alpha value is -0.540. The molecule has 0 aliphatic rings. The van der Waals surface area contributed by atoms with Crippen LogP contribution in [0.15, 0.2) is 12.7 Å². The van der Waals surface area contributed by atoms with Gasteiger partial charge in [-0.2, -0.15) is 0 Å². The van der Waals surface area contributed by atoms with E-state index in [2.05, 4.69) is 40.0 Å². The first-order chi connectivity index (χ1) is 5.91. The average Bonchev–Trinajstić information content (AvgIpc) is 2.01. The van der Waals surface area contributed by atoms with Gasteiger partial charge in [-0.15, -0.1) is 0 Å². The molecule has 0 bridgehead atoms. The molecule has 1 unspecified atom stereocenters. The van der Waals surface area contributed by atoms with E-state index in [4.69, 9.17) is 0 Å². The Labute approximate surface area is 93.2 Å². The Morgan fingerprint density at radius 2 is 2.00 bits per heavy atom. The van der Waals surface area contributed by atoms with Crippen LogP contribution in [0, 0.1) is 0 Å². The predicted molar refractivity (Wildman–Crippen MR) is 55.1 cm³/mol. The van der Waals surface area contributed by atoms with E-state index in [0.717, 1.165) is 17.3 Å². The quantitative estimate of drug-likeness (QED) is 0.328. The molecule has 14 heavy (non-hydrogen) atoms. The minimum atomic E-state index is -0.0912. The zero-order valence-electron chi connectivity index (χ0n) is 9.51. The molecule has 0 aromatic heterocycles. The molecule has 0 saturated heterocycles. The highest BCUT2D eigenvalue weighted by molar-refractivity contribution is 5.86. The summed E-state index contributed by atoms with van der Waals surface area (Å²) in [6, 6.07) is 0. The molecule has 84 valence electrons. The molecule has 0 aromatic carbocycles. The number of nitrogens with zero attached hydrogens (tertiary/aromatic N) is 1. The minimum Gasteiger partial charge on any atom is -1.00 e. The lowest BCUT2D eigenvalue weighted by Gasteiger charge is -2.34. The maximum atomic E-state index is 11.1. The zero-order chi connectivity index (χ0) is 10.5. The molecule has 0 rings (SSSR count). The van der Waals surface area contributed by atoms with Crippen LogP contribution in [0.5, 0.6) is 0 Å². The molecule has 0 aromatic rings. The van der Waals surface area contributed by atoms with Crippen molar-refractivity contribution in [1.29, 1.82) is 0 Å². The molecule has 1 N–H and O–H groups in total. The molecule has 0 spiro atoms. The second-order valence-electron chi connectivity index (χ2n) is 4.13. The standard InChI is InChI=1S/C10H20N2O.ClH/c1-6-8-9(12(3,4)5)11-10(13)7-2;/h7,9H,2,6,8H2,1,3-5H3;1H. The summed E-state index contributed by atoms with van der Waals surface area (Å²) < 4.78 is 0.743. The number of halogens is 1. The highest BCUT2D eigenvalue weighted by Crippen LogP contribution is 2.06. The van der Waals surface area contributed by atoms with Crippen molar-refractivity contribution in [3.05, 3.63) is 12.7 Å². The molecule has 0 aliphatic heterocycles. The van der Waals surface area contributed by atoms with Crippen LogP contribution in [0.4, 0.5) is 0 Å². The number of hydrogen-bond donors (Lipinski definition) is 1. The highest BCUT2D eigenvalue weighted by atomic mass is 35.5. The first kappa shape index (κ1) is 15.9. The predicted octanol–water partition coefficient (Wildman–Crippen LogP) is -1.87. The van der Waals surface area contributed by atoms with Gasteiger partial charge in [0, 0.05) is 6.42 Å². The van der Waals surface area contributed by atoms with Crippen molar-refractivity contribution in [2.24, 2.45) is 0 Å². The van der Waals surface area contributed by atoms with Gasteiger partial charge in [-0.05, 0) is 12.5 Å². The molecule has 1 amide bonds. The van der Waals surface area contributed by atoms with Crippen LogP contribution in [0.2, 0.25) is 0 Å². The summed E-state index contributed by atoms with van der Waals surface area (Å²) in [4.78, 5) is 11.1. The molecule has 4 heteroatoms. The Balaban J connectivity index is 0. The summed E-state index contributed by atoms with van der Waals surface area (Å²) in [6.07, 6.45) is 3.55. The summed E-state index contributed by atoms with van der Waals surface area (Å²) in [5.74, 6) is -0.0912. The fraction of sp³-hybridized carbons (Fsp3) is 0.700. The molecule has 3 nitrogen and oxygen atoms in total. The topological polar surface area (TPSA) is 29.1 Å². The van der Waals surface area contributed by atoms with Crippen molar-refractivity contribution in [3.8, 4) is 0 Å². The van der Waals surface area contributed by atoms with E-state index in [0.29, 0.717) is 0 Å².